The first-order chi connectivity index (χ1) is 7.24. The van der Waals surface area contributed by atoms with Gasteiger partial charge in [-0.2, -0.15) is 0 Å². The molecule has 0 heterocycles. The van der Waals surface area contributed by atoms with Crippen LogP contribution in [0.2, 0.25) is 0 Å². The van der Waals surface area contributed by atoms with Gasteiger partial charge < -0.3 is 4.74 Å². The first kappa shape index (κ1) is 11.5. The highest BCUT2D eigenvalue weighted by atomic mass is 16.5. The zero-order valence-electron chi connectivity index (χ0n) is 9.03. The molecule has 1 aromatic carbocycles. The minimum absolute atomic E-state index is 0.291. The van der Waals surface area contributed by atoms with E-state index in [1.54, 1.807) is 0 Å². The van der Waals surface area contributed by atoms with Gasteiger partial charge in [-0.3, -0.25) is 0 Å². The molecule has 0 aromatic heterocycles. The molecule has 2 heteroatoms. The fourth-order valence-corrected chi connectivity index (χ4v) is 1.21. The maximum absolute atomic E-state index is 11.4. The third-order valence-electron chi connectivity index (χ3n) is 1.99. The van der Waals surface area contributed by atoms with Crippen molar-refractivity contribution in [3.05, 3.63) is 48.0 Å². The summed E-state index contributed by atoms with van der Waals surface area (Å²) in [5.41, 5.74) is 1.59. The quantitative estimate of drug-likeness (QED) is 0.544. The highest BCUT2D eigenvalue weighted by molar-refractivity contribution is 5.88. The molecular formula is C13H16O2. The summed E-state index contributed by atoms with van der Waals surface area (Å²) >= 11 is 0. The average Bonchev–Trinajstić information content (AvgIpc) is 2.27. The standard InChI is InChI=1S/C13H16O2/c1-3-9-15-13(14)11(2)10-12-7-5-4-6-8-12/h4-8H,2-3,9-10H2,1H3. The largest absolute Gasteiger partial charge is 0.462 e. The number of hydrogen-bond donors (Lipinski definition) is 0. The number of rotatable bonds is 5. The summed E-state index contributed by atoms with van der Waals surface area (Å²) in [6.45, 7) is 6.16. The Morgan fingerprint density at radius 1 is 1.33 bits per heavy atom. The summed E-state index contributed by atoms with van der Waals surface area (Å²) in [7, 11) is 0. The molecule has 0 aliphatic heterocycles. The summed E-state index contributed by atoms with van der Waals surface area (Å²) in [5, 5.41) is 0. The van der Waals surface area contributed by atoms with Gasteiger partial charge in [0.25, 0.3) is 0 Å². The minimum Gasteiger partial charge on any atom is -0.462 e. The molecule has 0 atom stereocenters. The molecule has 1 aromatic rings. The lowest BCUT2D eigenvalue weighted by molar-refractivity contribution is -0.139. The van der Waals surface area contributed by atoms with Gasteiger partial charge in [-0.05, 0) is 12.0 Å². The molecule has 80 valence electrons. The van der Waals surface area contributed by atoms with Crippen LogP contribution < -0.4 is 0 Å². The molecule has 0 bridgehead atoms. The van der Waals surface area contributed by atoms with Crippen LogP contribution in [0.4, 0.5) is 0 Å². The van der Waals surface area contributed by atoms with E-state index in [-0.39, 0.29) is 5.97 Å². The van der Waals surface area contributed by atoms with Crippen molar-refractivity contribution in [3.63, 3.8) is 0 Å². The number of esters is 1. The van der Waals surface area contributed by atoms with Crippen molar-refractivity contribution in [3.8, 4) is 0 Å². The van der Waals surface area contributed by atoms with Gasteiger partial charge in [-0.15, -0.1) is 0 Å². The van der Waals surface area contributed by atoms with Crippen LogP contribution in [0.25, 0.3) is 0 Å². The van der Waals surface area contributed by atoms with Crippen molar-refractivity contribution in [1.82, 2.24) is 0 Å². The van der Waals surface area contributed by atoms with Gasteiger partial charge in [-0.1, -0.05) is 43.8 Å². The Labute approximate surface area is 90.6 Å². The summed E-state index contributed by atoms with van der Waals surface area (Å²) in [6, 6.07) is 9.78. The normalized spacial score (nSPS) is 9.67. The van der Waals surface area contributed by atoms with Crippen LogP contribution in [-0.4, -0.2) is 12.6 Å². The van der Waals surface area contributed by atoms with Crippen LogP contribution >= 0.6 is 0 Å². The van der Waals surface area contributed by atoms with Crippen molar-refractivity contribution in [1.29, 1.82) is 0 Å². The first-order valence-corrected chi connectivity index (χ1v) is 5.13. The molecule has 15 heavy (non-hydrogen) atoms. The lowest BCUT2D eigenvalue weighted by Crippen LogP contribution is -2.09. The molecule has 0 saturated carbocycles. The number of hydrogen-bond acceptors (Lipinski definition) is 2. The second kappa shape index (κ2) is 6.02. The van der Waals surface area contributed by atoms with E-state index in [1.807, 2.05) is 37.3 Å². The van der Waals surface area contributed by atoms with Crippen molar-refractivity contribution < 1.29 is 9.53 Å². The maximum atomic E-state index is 11.4. The van der Waals surface area contributed by atoms with Gasteiger partial charge in [0.2, 0.25) is 0 Å². The van der Waals surface area contributed by atoms with Gasteiger partial charge in [0.05, 0.1) is 6.61 Å². The van der Waals surface area contributed by atoms with Gasteiger partial charge in [-0.25, -0.2) is 4.79 Å². The van der Waals surface area contributed by atoms with Crippen LogP contribution in [0.5, 0.6) is 0 Å². The van der Waals surface area contributed by atoms with Gasteiger partial charge in [0.15, 0.2) is 0 Å². The fraction of sp³-hybridized carbons (Fsp3) is 0.308. The Kier molecular flexibility index (Phi) is 4.61. The monoisotopic (exact) mass is 204 g/mol. The maximum Gasteiger partial charge on any atom is 0.333 e. The van der Waals surface area contributed by atoms with Crippen LogP contribution in [0.1, 0.15) is 18.9 Å². The van der Waals surface area contributed by atoms with Crippen molar-refractivity contribution in [2.45, 2.75) is 19.8 Å². The van der Waals surface area contributed by atoms with Gasteiger partial charge >= 0.3 is 5.97 Å². The lowest BCUT2D eigenvalue weighted by atomic mass is 10.1. The average molecular weight is 204 g/mol. The molecule has 0 unspecified atom stereocenters. The third kappa shape index (κ3) is 3.98. The molecular weight excluding hydrogens is 188 g/mol. The van der Waals surface area contributed by atoms with Gasteiger partial charge in [0.1, 0.15) is 0 Å². The third-order valence-corrected chi connectivity index (χ3v) is 1.99. The molecule has 0 amide bonds. The Bertz CT molecular complexity index is 328. The molecule has 0 N–H and O–H groups in total. The predicted molar refractivity (Wildman–Crippen MR) is 60.5 cm³/mol. The van der Waals surface area contributed by atoms with Crippen LogP contribution in [-0.2, 0) is 16.0 Å². The summed E-state index contributed by atoms with van der Waals surface area (Å²) in [5.74, 6) is -0.291. The molecule has 0 radical (unpaired) electrons. The highest BCUT2D eigenvalue weighted by Crippen LogP contribution is 2.07. The van der Waals surface area contributed by atoms with Crippen LogP contribution in [0.3, 0.4) is 0 Å². The van der Waals surface area contributed by atoms with E-state index in [1.165, 1.54) is 0 Å². The second-order valence-electron chi connectivity index (χ2n) is 3.40. The van der Waals surface area contributed by atoms with E-state index in [4.69, 9.17) is 4.74 Å². The number of ether oxygens (including phenoxy) is 1. The number of benzene rings is 1. The molecule has 0 fully saturated rings. The highest BCUT2D eigenvalue weighted by Gasteiger charge is 2.08. The Morgan fingerprint density at radius 3 is 2.60 bits per heavy atom. The topological polar surface area (TPSA) is 26.3 Å². The van der Waals surface area contributed by atoms with E-state index in [2.05, 4.69) is 6.58 Å². The second-order valence-corrected chi connectivity index (χ2v) is 3.40. The minimum atomic E-state index is -0.291. The predicted octanol–water partition coefficient (Wildman–Crippen LogP) is 2.74. The summed E-state index contributed by atoms with van der Waals surface area (Å²) in [4.78, 5) is 11.4. The molecule has 0 aliphatic rings. The number of carbonyl (C=O) groups is 1. The molecule has 0 saturated heterocycles. The van der Waals surface area contributed by atoms with Crippen molar-refractivity contribution in [2.24, 2.45) is 0 Å². The van der Waals surface area contributed by atoms with E-state index < -0.39 is 0 Å². The number of carbonyl (C=O) groups excluding carboxylic acids is 1. The van der Waals surface area contributed by atoms with E-state index in [0.717, 1.165) is 12.0 Å². The van der Waals surface area contributed by atoms with Crippen molar-refractivity contribution >= 4 is 5.97 Å². The van der Waals surface area contributed by atoms with Crippen molar-refractivity contribution in [2.75, 3.05) is 6.61 Å². The zero-order valence-corrected chi connectivity index (χ0v) is 9.03. The van der Waals surface area contributed by atoms with Gasteiger partial charge in [0, 0.05) is 12.0 Å². The molecule has 2 nitrogen and oxygen atoms in total. The summed E-state index contributed by atoms with van der Waals surface area (Å²) < 4.78 is 4.99. The van der Waals surface area contributed by atoms with Crippen LogP contribution in [0, 0.1) is 0 Å². The van der Waals surface area contributed by atoms with E-state index >= 15 is 0 Å². The fourth-order valence-electron chi connectivity index (χ4n) is 1.21. The zero-order chi connectivity index (χ0) is 11.1. The Balaban J connectivity index is 2.45. The molecule has 0 aliphatic carbocycles. The summed E-state index contributed by atoms with van der Waals surface area (Å²) in [6.07, 6.45) is 1.40. The van der Waals surface area contributed by atoms with E-state index in [9.17, 15) is 4.79 Å². The lowest BCUT2D eigenvalue weighted by Gasteiger charge is -2.05. The first-order valence-electron chi connectivity index (χ1n) is 5.13. The Hall–Kier alpha value is -1.57. The Morgan fingerprint density at radius 2 is 2.00 bits per heavy atom. The van der Waals surface area contributed by atoms with Crippen LogP contribution in [0.15, 0.2) is 42.5 Å². The smallest absolute Gasteiger partial charge is 0.333 e. The SMILES string of the molecule is C=C(Cc1ccccc1)C(=O)OCCC. The molecule has 1 rings (SSSR count). The molecule has 0 spiro atoms. The van der Waals surface area contributed by atoms with E-state index in [0.29, 0.717) is 18.6 Å².